The Morgan fingerprint density at radius 3 is 2.65 bits per heavy atom. The third-order valence-electron chi connectivity index (χ3n) is 3.95. The molecule has 0 heterocycles. The summed E-state index contributed by atoms with van der Waals surface area (Å²) in [6.07, 6.45) is 4.65. The Labute approximate surface area is 126 Å². The van der Waals surface area contributed by atoms with Crippen molar-refractivity contribution in [3.63, 3.8) is 0 Å². The quantitative estimate of drug-likeness (QED) is 0.634. The van der Waals surface area contributed by atoms with E-state index in [4.69, 9.17) is 0 Å². The molecule has 0 aromatic heterocycles. The molecule has 1 fully saturated rings. The van der Waals surface area contributed by atoms with Crippen LogP contribution in [0.5, 0.6) is 0 Å². The second-order valence-electron chi connectivity index (χ2n) is 5.55. The van der Waals surface area contributed by atoms with Gasteiger partial charge in [0.15, 0.2) is 0 Å². The second kappa shape index (κ2) is 6.52. The van der Waals surface area contributed by atoms with Crippen molar-refractivity contribution in [2.45, 2.75) is 32.6 Å². The maximum absolute atomic E-state index is 13.5. The molecular weight excluding hydrogens is 327 g/mol. The van der Waals surface area contributed by atoms with Crippen LogP contribution in [0, 0.1) is 27.8 Å². The number of nitrogens with zero attached hydrogens (tertiary/aromatic N) is 1. The lowest BCUT2D eigenvalue weighted by Gasteiger charge is -2.26. The summed E-state index contributed by atoms with van der Waals surface area (Å²) in [6, 6.07) is 2.40. The van der Waals surface area contributed by atoms with Crippen molar-refractivity contribution in [1.82, 2.24) is 0 Å². The first-order valence-corrected chi connectivity index (χ1v) is 7.64. The lowest BCUT2D eigenvalue weighted by Crippen LogP contribution is -2.20. The highest BCUT2D eigenvalue weighted by molar-refractivity contribution is 9.10. The molecule has 4 nitrogen and oxygen atoms in total. The van der Waals surface area contributed by atoms with E-state index in [0.717, 1.165) is 18.8 Å². The van der Waals surface area contributed by atoms with Gasteiger partial charge < -0.3 is 5.32 Å². The van der Waals surface area contributed by atoms with Gasteiger partial charge in [0.2, 0.25) is 0 Å². The van der Waals surface area contributed by atoms with Gasteiger partial charge >= 0.3 is 0 Å². The Morgan fingerprint density at radius 1 is 1.40 bits per heavy atom. The fourth-order valence-corrected chi connectivity index (χ4v) is 2.95. The van der Waals surface area contributed by atoms with Crippen LogP contribution < -0.4 is 5.32 Å². The van der Waals surface area contributed by atoms with E-state index in [-0.39, 0.29) is 15.8 Å². The molecule has 0 bridgehead atoms. The molecule has 20 heavy (non-hydrogen) atoms. The van der Waals surface area contributed by atoms with Crippen molar-refractivity contribution in [1.29, 1.82) is 0 Å². The van der Waals surface area contributed by atoms with Gasteiger partial charge in [-0.15, -0.1) is 0 Å². The van der Waals surface area contributed by atoms with Crippen LogP contribution in [0.4, 0.5) is 15.8 Å². The van der Waals surface area contributed by atoms with Crippen LogP contribution in [0.15, 0.2) is 16.6 Å². The SMILES string of the molecule is CC1CCC(CNc2cc(F)c(Br)cc2[N+](=O)[O-])CC1. The molecule has 0 spiro atoms. The number of rotatable bonds is 4. The average molecular weight is 345 g/mol. The van der Waals surface area contributed by atoms with Crippen molar-refractivity contribution in [3.05, 3.63) is 32.5 Å². The summed E-state index contributed by atoms with van der Waals surface area (Å²) in [5.74, 6) is 0.790. The van der Waals surface area contributed by atoms with Gasteiger partial charge in [0, 0.05) is 18.7 Å². The number of anilines is 1. The standard InChI is InChI=1S/C14H18BrFN2O2/c1-9-2-4-10(5-3-9)8-17-13-7-12(16)11(15)6-14(13)18(19)20/h6-7,9-10,17H,2-5,8H2,1H3. The Bertz CT molecular complexity index is 502. The molecule has 1 aliphatic carbocycles. The van der Waals surface area contributed by atoms with E-state index in [0.29, 0.717) is 12.5 Å². The van der Waals surface area contributed by atoms with Crippen LogP contribution in [-0.4, -0.2) is 11.5 Å². The molecule has 1 N–H and O–H groups in total. The van der Waals surface area contributed by atoms with Crippen LogP contribution in [0.25, 0.3) is 0 Å². The molecule has 1 saturated carbocycles. The Balaban J connectivity index is 2.05. The topological polar surface area (TPSA) is 55.2 Å². The van der Waals surface area contributed by atoms with E-state index in [2.05, 4.69) is 28.2 Å². The number of hydrogen-bond acceptors (Lipinski definition) is 3. The molecule has 1 aromatic carbocycles. The Kier molecular flexibility index (Phi) is 4.96. The number of nitro benzene ring substituents is 1. The summed E-state index contributed by atoms with van der Waals surface area (Å²) in [5, 5.41) is 14.0. The first kappa shape index (κ1) is 15.2. The minimum Gasteiger partial charge on any atom is -0.379 e. The molecule has 0 unspecified atom stereocenters. The van der Waals surface area contributed by atoms with Gasteiger partial charge in [-0.3, -0.25) is 10.1 Å². The first-order valence-electron chi connectivity index (χ1n) is 6.84. The van der Waals surface area contributed by atoms with E-state index in [1.165, 1.54) is 25.0 Å². The van der Waals surface area contributed by atoms with Crippen LogP contribution >= 0.6 is 15.9 Å². The van der Waals surface area contributed by atoms with Gasteiger partial charge in [-0.25, -0.2) is 4.39 Å². The highest BCUT2D eigenvalue weighted by atomic mass is 79.9. The monoisotopic (exact) mass is 344 g/mol. The van der Waals surface area contributed by atoms with E-state index in [1.807, 2.05) is 0 Å². The number of benzene rings is 1. The largest absolute Gasteiger partial charge is 0.379 e. The maximum atomic E-state index is 13.5. The van der Waals surface area contributed by atoms with Gasteiger partial charge in [-0.2, -0.15) is 0 Å². The fourth-order valence-electron chi connectivity index (χ4n) is 2.62. The van der Waals surface area contributed by atoms with E-state index in [9.17, 15) is 14.5 Å². The molecule has 110 valence electrons. The zero-order valence-electron chi connectivity index (χ0n) is 11.4. The van der Waals surface area contributed by atoms with E-state index < -0.39 is 10.7 Å². The summed E-state index contributed by atoms with van der Waals surface area (Å²) in [4.78, 5) is 10.5. The summed E-state index contributed by atoms with van der Waals surface area (Å²) < 4.78 is 13.6. The van der Waals surface area contributed by atoms with Crippen molar-refractivity contribution in [2.75, 3.05) is 11.9 Å². The van der Waals surface area contributed by atoms with Gasteiger partial charge in [0.1, 0.15) is 11.5 Å². The molecule has 2 rings (SSSR count). The first-order chi connectivity index (χ1) is 9.47. The predicted octanol–water partition coefficient (Wildman–Crippen LogP) is 4.73. The van der Waals surface area contributed by atoms with Crippen LogP contribution in [0.3, 0.4) is 0 Å². The summed E-state index contributed by atoms with van der Waals surface area (Å²) in [6.45, 7) is 2.91. The maximum Gasteiger partial charge on any atom is 0.293 e. The lowest BCUT2D eigenvalue weighted by atomic mass is 9.83. The predicted molar refractivity (Wildman–Crippen MR) is 80.4 cm³/mol. The molecule has 0 atom stereocenters. The summed E-state index contributed by atoms with van der Waals surface area (Å²) >= 11 is 2.98. The van der Waals surface area contributed by atoms with Crippen molar-refractivity contribution in [3.8, 4) is 0 Å². The number of hydrogen-bond donors (Lipinski definition) is 1. The molecule has 1 aromatic rings. The number of nitro groups is 1. The molecule has 6 heteroatoms. The summed E-state index contributed by atoms with van der Waals surface area (Å²) in [7, 11) is 0. The molecule has 0 amide bonds. The van der Waals surface area contributed by atoms with Gasteiger partial charge in [0.25, 0.3) is 5.69 Å². The molecule has 0 saturated heterocycles. The Morgan fingerprint density at radius 2 is 2.05 bits per heavy atom. The van der Waals surface area contributed by atoms with Crippen LogP contribution in [0.1, 0.15) is 32.6 Å². The average Bonchev–Trinajstić information content (AvgIpc) is 2.41. The fraction of sp³-hybridized carbons (Fsp3) is 0.571. The number of nitrogens with one attached hydrogen (secondary N) is 1. The van der Waals surface area contributed by atoms with Crippen molar-refractivity contribution < 1.29 is 9.31 Å². The third kappa shape index (κ3) is 3.69. The molecule has 1 aliphatic rings. The normalized spacial score (nSPS) is 22.6. The van der Waals surface area contributed by atoms with Gasteiger partial charge in [0.05, 0.1) is 9.40 Å². The van der Waals surface area contributed by atoms with Gasteiger partial charge in [-0.05, 0) is 40.6 Å². The summed E-state index contributed by atoms with van der Waals surface area (Å²) in [5.41, 5.74) is 0.164. The van der Waals surface area contributed by atoms with Crippen molar-refractivity contribution in [2.24, 2.45) is 11.8 Å². The highest BCUT2D eigenvalue weighted by Gasteiger charge is 2.21. The van der Waals surface area contributed by atoms with E-state index in [1.54, 1.807) is 0 Å². The second-order valence-corrected chi connectivity index (χ2v) is 6.40. The van der Waals surface area contributed by atoms with Crippen molar-refractivity contribution >= 4 is 27.3 Å². The zero-order chi connectivity index (χ0) is 14.7. The van der Waals surface area contributed by atoms with E-state index >= 15 is 0 Å². The third-order valence-corrected chi connectivity index (χ3v) is 4.56. The highest BCUT2D eigenvalue weighted by Crippen LogP contribution is 2.32. The molecular formula is C14H18BrFN2O2. The lowest BCUT2D eigenvalue weighted by molar-refractivity contribution is -0.384. The Hall–Kier alpha value is -1.17. The van der Waals surface area contributed by atoms with Crippen LogP contribution in [-0.2, 0) is 0 Å². The molecule has 0 aliphatic heterocycles. The van der Waals surface area contributed by atoms with Gasteiger partial charge in [-0.1, -0.05) is 19.8 Å². The smallest absolute Gasteiger partial charge is 0.293 e. The molecule has 0 radical (unpaired) electrons. The number of halogens is 2. The minimum atomic E-state index is -0.491. The van der Waals surface area contributed by atoms with Crippen LogP contribution in [0.2, 0.25) is 0 Å². The zero-order valence-corrected chi connectivity index (χ0v) is 13.0. The minimum absolute atomic E-state index is 0.0950.